The van der Waals surface area contributed by atoms with E-state index in [9.17, 15) is 0 Å². The van der Waals surface area contributed by atoms with Crippen molar-refractivity contribution in [2.24, 2.45) is 16.8 Å². The normalized spacial score (nSPS) is 22.8. The molecule has 0 aromatic heterocycles. The topological polar surface area (TPSA) is 61.4 Å². The van der Waals surface area contributed by atoms with Crippen LogP contribution in [0.25, 0.3) is 0 Å². The Kier molecular flexibility index (Phi) is 14.5. The quantitative estimate of drug-likeness (QED) is 0.253. The molecule has 0 saturated carbocycles. The van der Waals surface area contributed by atoms with Crippen molar-refractivity contribution in [1.29, 1.82) is 0 Å². The zero-order chi connectivity index (χ0) is 21.1. The van der Waals surface area contributed by atoms with Crippen LogP contribution in [0, 0.1) is 11.8 Å². The molecule has 7 nitrogen and oxygen atoms in total. The van der Waals surface area contributed by atoms with Gasteiger partial charge in [0.2, 0.25) is 0 Å². The van der Waals surface area contributed by atoms with Gasteiger partial charge >= 0.3 is 0 Å². The molecule has 2 unspecified atom stereocenters. The average molecular weight is 540 g/mol. The molecule has 30 heavy (non-hydrogen) atoms. The summed E-state index contributed by atoms with van der Waals surface area (Å²) < 4.78 is 11.5. The van der Waals surface area contributed by atoms with Gasteiger partial charge in [0.25, 0.3) is 0 Å². The highest BCUT2D eigenvalue weighted by Gasteiger charge is 2.23. The minimum Gasteiger partial charge on any atom is -0.379 e. The predicted octanol–water partition coefficient (Wildman–Crippen LogP) is 2.26. The maximum Gasteiger partial charge on any atom is 0.191 e. The van der Waals surface area contributed by atoms with Gasteiger partial charge in [0.1, 0.15) is 0 Å². The fourth-order valence-corrected chi connectivity index (χ4v) is 4.16. The third-order valence-corrected chi connectivity index (χ3v) is 5.45. The molecule has 2 fully saturated rings. The first-order valence-electron chi connectivity index (χ1n) is 11.7. The number of rotatable bonds is 10. The van der Waals surface area contributed by atoms with Gasteiger partial charge in [-0.15, -0.1) is 24.0 Å². The Bertz CT molecular complexity index is 472. The minimum atomic E-state index is 0. The van der Waals surface area contributed by atoms with Gasteiger partial charge in [0, 0.05) is 51.9 Å². The van der Waals surface area contributed by atoms with E-state index in [1.807, 2.05) is 0 Å². The number of hydrogen-bond donors (Lipinski definition) is 2. The second kappa shape index (κ2) is 15.6. The Morgan fingerprint density at radius 1 is 1.03 bits per heavy atom. The van der Waals surface area contributed by atoms with E-state index in [-0.39, 0.29) is 30.1 Å². The number of aliphatic imine (C=N–C) groups is 1. The summed E-state index contributed by atoms with van der Waals surface area (Å²) >= 11 is 0. The molecule has 0 radical (unpaired) electrons. The van der Waals surface area contributed by atoms with Crippen molar-refractivity contribution < 1.29 is 9.47 Å². The van der Waals surface area contributed by atoms with Gasteiger partial charge in [-0.05, 0) is 25.2 Å². The van der Waals surface area contributed by atoms with Gasteiger partial charge in [-0.1, -0.05) is 27.7 Å². The van der Waals surface area contributed by atoms with Crippen molar-refractivity contribution >= 4 is 29.9 Å². The Labute approximate surface area is 201 Å². The fourth-order valence-electron chi connectivity index (χ4n) is 4.16. The fraction of sp³-hybridized carbons (Fsp3) is 0.955. The second-order valence-electron chi connectivity index (χ2n) is 9.18. The first kappa shape index (κ1) is 27.9. The molecule has 8 heteroatoms. The summed E-state index contributed by atoms with van der Waals surface area (Å²) in [5, 5.41) is 6.92. The summed E-state index contributed by atoms with van der Waals surface area (Å²) in [7, 11) is 0. The van der Waals surface area contributed by atoms with Crippen LogP contribution in [-0.4, -0.2) is 100 Å². The van der Waals surface area contributed by atoms with Crippen LogP contribution >= 0.6 is 24.0 Å². The molecule has 2 rings (SSSR count). The third-order valence-electron chi connectivity index (χ3n) is 5.45. The van der Waals surface area contributed by atoms with E-state index in [2.05, 4.69) is 55.1 Å². The van der Waals surface area contributed by atoms with Gasteiger partial charge in [-0.2, -0.15) is 0 Å². The monoisotopic (exact) mass is 539 g/mol. The highest BCUT2D eigenvalue weighted by atomic mass is 127. The van der Waals surface area contributed by atoms with E-state index in [1.165, 1.54) is 6.42 Å². The maximum atomic E-state index is 5.98. The first-order chi connectivity index (χ1) is 14.0. The van der Waals surface area contributed by atoms with Crippen LogP contribution in [0.3, 0.4) is 0 Å². The van der Waals surface area contributed by atoms with E-state index < -0.39 is 0 Å². The van der Waals surface area contributed by atoms with Crippen molar-refractivity contribution in [3.05, 3.63) is 0 Å². The SMILES string of the molecule is CCNC(=NCC(CC(C)C)N1CCOCC1)NCC1CN(CC(C)C)CCO1.I. The predicted molar refractivity (Wildman–Crippen MR) is 136 cm³/mol. The van der Waals surface area contributed by atoms with Crippen LogP contribution in [0.5, 0.6) is 0 Å². The Morgan fingerprint density at radius 2 is 1.77 bits per heavy atom. The number of ether oxygens (including phenoxy) is 2. The summed E-state index contributed by atoms with van der Waals surface area (Å²) in [5.41, 5.74) is 0. The molecule has 2 aliphatic heterocycles. The molecule has 178 valence electrons. The van der Waals surface area contributed by atoms with E-state index in [0.29, 0.717) is 17.9 Å². The van der Waals surface area contributed by atoms with E-state index >= 15 is 0 Å². The second-order valence-corrected chi connectivity index (χ2v) is 9.18. The summed E-state index contributed by atoms with van der Waals surface area (Å²) in [5.74, 6) is 2.26. The van der Waals surface area contributed by atoms with E-state index in [4.69, 9.17) is 14.5 Å². The number of morpholine rings is 2. The van der Waals surface area contributed by atoms with E-state index in [1.54, 1.807) is 0 Å². The zero-order valence-corrected chi connectivity index (χ0v) is 22.2. The summed E-state index contributed by atoms with van der Waals surface area (Å²) in [6.45, 7) is 21.4. The summed E-state index contributed by atoms with van der Waals surface area (Å²) in [6.07, 6.45) is 1.38. The lowest BCUT2D eigenvalue weighted by Gasteiger charge is -2.35. The van der Waals surface area contributed by atoms with Crippen molar-refractivity contribution in [1.82, 2.24) is 20.4 Å². The van der Waals surface area contributed by atoms with Crippen molar-refractivity contribution in [3.8, 4) is 0 Å². The largest absolute Gasteiger partial charge is 0.379 e. The lowest BCUT2D eigenvalue weighted by Crippen LogP contribution is -2.50. The molecule has 0 aromatic rings. The molecule has 0 bridgehead atoms. The molecule has 2 heterocycles. The molecule has 0 aromatic carbocycles. The number of nitrogens with one attached hydrogen (secondary N) is 2. The average Bonchev–Trinajstić information content (AvgIpc) is 2.69. The van der Waals surface area contributed by atoms with Crippen LogP contribution < -0.4 is 10.6 Å². The molecule has 0 spiro atoms. The van der Waals surface area contributed by atoms with Crippen LogP contribution in [0.1, 0.15) is 41.0 Å². The molecular weight excluding hydrogens is 493 g/mol. The van der Waals surface area contributed by atoms with Gasteiger partial charge in [0.15, 0.2) is 5.96 Å². The minimum absolute atomic E-state index is 0. The third kappa shape index (κ3) is 10.9. The highest BCUT2D eigenvalue weighted by molar-refractivity contribution is 14.0. The van der Waals surface area contributed by atoms with Gasteiger partial charge in [-0.3, -0.25) is 14.8 Å². The summed E-state index contributed by atoms with van der Waals surface area (Å²) in [6, 6.07) is 0.474. The summed E-state index contributed by atoms with van der Waals surface area (Å²) in [4.78, 5) is 10.00. The first-order valence-corrected chi connectivity index (χ1v) is 11.7. The van der Waals surface area contributed by atoms with Gasteiger partial charge < -0.3 is 20.1 Å². The van der Waals surface area contributed by atoms with Crippen LogP contribution in [0.15, 0.2) is 4.99 Å². The zero-order valence-electron chi connectivity index (χ0n) is 19.9. The van der Waals surface area contributed by atoms with Crippen molar-refractivity contribution in [3.63, 3.8) is 0 Å². The Balaban J connectivity index is 0.00000450. The molecule has 0 amide bonds. The molecule has 2 saturated heterocycles. The lowest BCUT2D eigenvalue weighted by atomic mass is 10.0. The molecular formula is C22H46IN5O2. The number of halogens is 1. The number of hydrogen-bond acceptors (Lipinski definition) is 5. The van der Waals surface area contributed by atoms with Crippen molar-refractivity contribution in [2.45, 2.75) is 53.2 Å². The Morgan fingerprint density at radius 3 is 2.40 bits per heavy atom. The number of nitrogens with zero attached hydrogens (tertiary/aromatic N) is 3. The molecule has 2 aliphatic rings. The number of guanidine groups is 1. The maximum absolute atomic E-state index is 5.98. The molecule has 0 aliphatic carbocycles. The van der Waals surface area contributed by atoms with Gasteiger partial charge in [-0.25, -0.2) is 0 Å². The Hall–Kier alpha value is -0.160. The van der Waals surface area contributed by atoms with Crippen LogP contribution in [0.4, 0.5) is 0 Å². The van der Waals surface area contributed by atoms with Crippen LogP contribution in [0.2, 0.25) is 0 Å². The molecule has 2 atom stereocenters. The lowest BCUT2D eigenvalue weighted by molar-refractivity contribution is -0.0284. The molecule has 2 N–H and O–H groups in total. The van der Waals surface area contributed by atoms with E-state index in [0.717, 1.165) is 78.1 Å². The smallest absolute Gasteiger partial charge is 0.191 e. The highest BCUT2D eigenvalue weighted by Crippen LogP contribution is 2.14. The standard InChI is InChI=1S/C22H45N5O2.HI/c1-6-23-22(25-15-21-17-26(7-12-29-21)16-19(4)5)24-14-20(13-18(2)3)27-8-10-28-11-9-27;/h18-21H,6-17H2,1-5H3,(H2,23,24,25);1H. The van der Waals surface area contributed by atoms with Crippen LogP contribution in [-0.2, 0) is 9.47 Å². The van der Waals surface area contributed by atoms with Crippen molar-refractivity contribution in [2.75, 3.05) is 72.2 Å². The van der Waals surface area contributed by atoms with Gasteiger partial charge in [0.05, 0.1) is 32.5 Å².